The fourth-order valence-corrected chi connectivity index (χ4v) is 4.94. The number of rotatable bonds is 8. The van der Waals surface area contributed by atoms with Crippen molar-refractivity contribution < 1.29 is 9.52 Å². The van der Waals surface area contributed by atoms with Gasteiger partial charge in [0.1, 0.15) is 5.76 Å². The van der Waals surface area contributed by atoms with E-state index in [1.807, 2.05) is 12.1 Å². The van der Waals surface area contributed by atoms with Crippen molar-refractivity contribution in [3.63, 3.8) is 0 Å². The molecule has 2 fully saturated rings. The normalized spacial score (nSPS) is 22.5. The Morgan fingerprint density at radius 3 is 2.52 bits per heavy atom. The van der Waals surface area contributed by atoms with Crippen LogP contribution in [0.25, 0.3) is 0 Å². The van der Waals surface area contributed by atoms with E-state index in [9.17, 15) is 5.11 Å². The third kappa shape index (κ3) is 8.30. The number of likely N-dealkylation sites (tertiary alicyclic amines) is 1. The number of aliphatic imine (C=N–C) groups is 1. The van der Waals surface area contributed by atoms with Crippen LogP contribution < -0.4 is 10.6 Å². The molecular formula is C26H39IN4O2. The van der Waals surface area contributed by atoms with E-state index in [0.29, 0.717) is 18.6 Å². The summed E-state index contributed by atoms with van der Waals surface area (Å²) in [6.45, 7) is 3.64. The number of guanidine groups is 1. The van der Waals surface area contributed by atoms with Gasteiger partial charge in [0.2, 0.25) is 0 Å². The van der Waals surface area contributed by atoms with Crippen molar-refractivity contribution in [2.75, 3.05) is 26.2 Å². The standard InChI is InChI=1S/C26H38N4O2.HI/c31-25-11-5-4-10-24(25)30-18-14-22(15-19-30)29-26(28-17-13-23-9-6-20-32-23)27-16-12-21-7-2-1-3-8-21;/h1-3,6-9,20,22,24-25,31H,4-5,10-19H2,(H2,27,28,29);1H. The van der Waals surface area contributed by atoms with Crippen LogP contribution in [-0.4, -0.2) is 60.3 Å². The van der Waals surface area contributed by atoms with Crippen LogP contribution >= 0.6 is 24.0 Å². The molecule has 2 atom stereocenters. The predicted molar refractivity (Wildman–Crippen MR) is 144 cm³/mol. The summed E-state index contributed by atoms with van der Waals surface area (Å²) in [5, 5.41) is 17.6. The van der Waals surface area contributed by atoms with E-state index in [4.69, 9.17) is 9.41 Å². The maximum atomic E-state index is 10.4. The van der Waals surface area contributed by atoms with Crippen LogP contribution in [0.15, 0.2) is 58.1 Å². The van der Waals surface area contributed by atoms with Crippen molar-refractivity contribution in [1.82, 2.24) is 15.5 Å². The lowest BCUT2D eigenvalue weighted by molar-refractivity contribution is 0.00810. The number of hydrogen-bond donors (Lipinski definition) is 3. The molecule has 33 heavy (non-hydrogen) atoms. The average Bonchev–Trinajstić information content (AvgIpc) is 3.34. The molecule has 2 heterocycles. The topological polar surface area (TPSA) is 73.0 Å². The molecule has 2 aliphatic rings. The number of hydrogen-bond acceptors (Lipinski definition) is 4. The fourth-order valence-electron chi connectivity index (χ4n) is 4.94. The van der Waals surface area contributed by atoms with Gasteiger partial charge in [-0.3, -0.25) is 9.89 Å². The number of benzene rings is 1. The van der Waals surface area contributed by atoms with Crippen LogP contribution in [0.3, 0.4) is 0 Å². The van der Waals surface area contributed by atoms with Crippen LogP contribution in [0.2, 0.25) is 0 Å². The first-order chi connectivity index (χ1) is 15.8. The minimum absolute atomic E-state index is 0. The third-order valence-electron chi connectivity index (χ3n) is 6.79. The molecule has 6 nitrogen and oxygen atoms in total. The van der Waals surface area contributed by atoms with Gasteiger partial charge in [0.25, 0.3) is 0 Å². The van der Waals surface area contributed by atoms with Crippen molar-refractivity contribution in [1.29, 1.82) is 0 Å². The van der Waals surface area contributed by atoms with E-state index in [0.717, 1.165) is 69.9 Å². The van der Waals surface area contributed by atoms with Crippen molar-refractivity contribution >= 4 is 29.9 Å². The summed E-state index contributed by atoms with van der Waals surface area (Å²) >= 11 is 0. The van der Waals surface area contributed by atoms with Gasteiger partial charge in [-0.1, -0.05) is 43.2 Å². The maximum absolute atomic E-state index is 10.4. The average molecular weight is 567 g/mol. The SMILES string of the molecule is I.OC1CCCCC1N1CCC(NC(=NCCc2ccco2)NCCc2ccccc2)CC1. The van der Waals surface area contributed by atoms with Crippen LogP contribution in [-0.2, 0) is 12.8 Å². The highest BCUT2D eigenvalue weighted by Crippen LogP contribution is 2.25. The van der Waals surface area contributed by atoms with Crippen molar-refractivity contribution in [3.8, 4) is 0 Å². The molecule has 2 unspecified atom stereocenters. The molecule has 1 saturated carbocycles. The zero-order valence-electron chi connectivity index (χ0n) is 19.5. The Labute approximate surface area is 215 Å². The number of furan rings is 1. The van der Waals surface area contributed by atoms with Gasteiger partial charge in [0.05, 0.1) is 12.4 Å². The van der Waals surface area contributed by atoms with Crippen LogP contribution in [0.4, 0.5) is 0 Å². The van der Waals surface area contributed by atoms with Crippen LogP contribution in [0, 0.1) is 0 Å². The number of aliphatic hydroxyl groups is 1. The van der Waals surface area contributed by atoms with Crippen molar-refractivity contribution in [2.45, 2.75) is 69.6 Å². The van der Waals surface area contributed by atoms with E-state index >= 15 is 0 Å². The Balaban J connectivity index is 0.00000306. The summed E-state index contributed by atoms with van der Waals surface area (Å²) in [5.41, 5.74) is 1.33. The van der Waals surface area contributed by atoms with Gasteiger partial charge in [0.15, 0.2) is 5.96 Å². The van der Waals surface area contributed by atoms with E-state index in [1.165, 1.54) is 18.4 Å². The van der Waals surface area contributed by atoms with E-state index in [-0.39, 0.29) is 30.1 Å². The van der Waals surface area contributed by atoms with Gasteiger partial charge in [-0.25, -0.2) is 0 Å². The summed E-state index contributed by atoms with van der Waals surface area (Å²) in [6, 6.07) is 15.3. The molecule has 1 aromatic heterocycles. The lowest BCUT2D eigenvalue weighted by atomic mass is 9.89. The van der Waals surface area contributed by atoms with Gasteiger partial charge in [-0.15, -0.1) is 24.0 Å². The monoisotopic (exact) mass is 566 g/mol. The molecule has 4 rings (SSSR count). The number of piperidine rings is 1. The quantitative estimate of drug-likeness (QED) is 0.256. The smallest absolute Gasteiger partial charge is 0.191 e. The largest absolute Gasteiger partial charge is 0.469 e. The van der Waals surface area contributed by atoms with Crippen LogP contribution in [0.5, 0.6) is 0 Å². The number of nitrogens with one attached hydrogen (secondary N) is 2. The van der Waals surface area contributed by atoms with Gasteiger partial charge in [-0.05, 0) is 49.8 Å². The molecule has 0 spiro atoms. The maximum Gasteiger partial charge on any atom is 0.191 e. The summed E-state index contributed by atoms with van der Waals surface area (Å²) in [6.07, 6.45) is 10.0. The minimum Gasteiger partial charge on any atom is -0.469 e. The second kappa shape index (κ2) is 14.0. The summed E-state index contributed by atoms with van der Waals surface area (Å²) in [4.78, 5) is 7.34. The predicted octanol–water partition coefficient (Wildman–Crippen LogP) is 3.99. The lowest BCUT2D eigenvalue weighted by Crippen LogP contribution is -2.53. The van der Waals surface area contributed by atoms with Crippen LogP contribution in [0.1, 0.15) is 49.8 Å². The lowest BCUT2D eigenvalue weighted by Gasteiger charge is -2.41. The van der Waals surface area contributed by atoms with Gasteiger partial charge < -0.3 is 20.2 Å². The molecule has 2 aromatic rings. The highest BCUT2D eigenvalue weighted by atomic mass is 127. The van der Waals surface area contributed by atoms with E-state index < -0.39 is 0 Å². The van der Waals surface area contributed by atoms with Gasteiger partial charge in [-0.2, -0.15) is 0 Å². The molecule has 0 radical (unpaired) electrons. The molecule has 1 aliphatic carbocycles. The molecule has 0 amide bonds. The highest BCUT2D eigenvalue weighted by molar-refractivity contribution is 14.0. The first kappa shape index (κ1) is 26.0. The minimum atomic E-state index is -0.147. The molecule has 3 N–H and O–H groups in total. The zero-order chi connectivity index (χ0) is 22.0. The Bertz CT molecular complexity index is 807. The molecule has 1 aromatic carbocycles. The number of nitrogens with zero attached hydrogens (tertiary/aromatic N) is 2. The summed E-state index contributed by atoms with van der Waals surface area (Å²) in [7, 11) is 0. The summed E-state index contributed by atoms with van der Waals surface area (Å²) in [5.74, 6) is 1.86. The van der Waals surface area contributed by atoms with E-state index in [1.54, 1.807) is 6.26 Å². The van der Waals surface area contributed by atoms with Crippen molar-refractivity contribution in [2.24, 2.45) is 4.99 Å². The molecule has 1 aliphatic heterocycles. The second-order valence-corrected chi connectivity index (χ2v) is 9.10. The Morgan fingerprint density at radius 2 is 1.79 bits per heavy atom. The second-order valence-electron chi connectivity index (χ2n) is 9.10. The first-order valence-corrected chi connectivity index (χ1v) is 12.3. The van der Waals surface area contributed by atoms with Gasteiger partial charge in [0, 0.05) is 44.7 Å². The zero-order valence-corrected chi connectivity index (χ0v) is 21.8. The Hall–Kier alpha value is -1.58. The summed E-state index contributed by atoms with van der Waals surface area (Å²) < 4.78 is 5.45. The molecular weight excluding hydrogens is 527 g/mol. The Kier molecular flexibility index (Phi) is 11.0. The van der Waals surface area contributed by atoms with Crippen molar-refractivity contribution in [3.05, 3.63) is 60.1 Å². The third-order valence-corrected chi connectivity index (χ3v) is 6.79. The fraction of sp³-hybridized carbons (Fsp3) is 0.577. The molecule has 1 saturated heterocycles. The van der Waals surface area contributed by atoms with Gasteiger partial charge >= 0.3 is 0 Å². The van der Waals surface area contributed by atoms with E-state index in [2.05, 4.69) is 45.9 Å². The Morgan fingerprint density at radius 1 is 1.00 bits per heavy atom. The number of aliphatic hydroxyl groups excluding tert-OH is 1. The highest BCUT2D eigenvalue weighted by Gasteiger charge is 2.31. The molecule has 0 bridgehead atoms. The molecule has 7 heteroatoms. The number of halogens is 1. The molecule has 182 valence electrons. The first-order valence-electron chi connectivity index (χ1n) is 12.3.